The predicted octanol–water partition coefficient (Wildman–Crippen LogP) is 2.56. The largest absolute Gasteiger partial charge is 0.370 e. The molecule has 0 bridgehead atoms. The first-order chi connectivity index (χ1) is 8.08. The maximum atomic E-state index is 2.51. The molecule has 0 unspecified atom stereocenters. The quantitative estimate of drug-likeness (QED) is 0.770. The minimum Gasteiger partial charge on any atom is -0.370 e. The van der Waals surface area contributed by atoms with Gasteiger partial charge in [0.15, 0.2) is 0 Å². The highest BCUT2D eigenvalue weighted by Crippen LogP contribution is 2.41. The van der Waals surface area contributed by atoms with Crippen LogP contribution in [0.25, 0.3) is 0 Å². The van der Waals surface area contributed by atoms with Crippen molar-refractivity contribution < 1.29 is 0 Å². The SMILES string of the molecule is CC(C)c1ccc(N2CC3(CN(C)C3)C2)cc1. The summed E-state index contributed by atoms with van der Waals surface area (Å²) in [4.78, 5) is 4.93. The molecule has 2 nitrogen and oxygen atoms in total. The van der Waals surface area contributed by atoms with Crippen LogP contribution in [0.15, 0.2) is 24.3 Å². The minimum absolute atomic E-state index is 0.630. The molecule has 0 saturated carbocycles. The Morgan fingerprint density at radius 1 is 1.00 bits per heavy atom. The molecule has 2 saturated heterocycles. The summed E-state index contributed by atoms with van der Waals surface area (Å²) in [6.07, 6.45) is 0. The number of nitrogens with zero attached hydrogens (tertiary/aromatic N) is 2. The molecule has 2 heterocycles. The summed E-state index contributed by atoms with van der Waals surface area (Å²) in [6, 6.07) is 9.12. The molecule has 2 heteroatoms. The van der Waals surface area contributed by atoms with Crippen molar-refractivity contribution >= 4 is 5.69 Å². The highest BCUT2D eigenvalue weighted by Gasteiger charge is 2.50. The van der Waals surface area contributed by atoms with E-state index in [-0.39, 0.29) is 0 Å². The van der Waals surface area contributed by atoms with Crippen LogP contribution in [0.4, 0.5) is 5.69 Å². The lowest BCUT2D eigenvalue weighted by molar-refractivity contribution is -0.00238. The Hall–Kier alpha value is -1.02. The van der Waals surface area contributed by atoms with Crippen LogP contribution in [-0.2, 0) is 0 Å². The lowest BCUT2D eigenvalue weighted by Gasteiger charge is -2.60. The van der Waals surface area contributed by atoms with E-state index < -0.39 is 0 Å². The second-order valence-corrected chi connectivity index (χ2v) is 6.27. The third kappa shape index (κ3) is 1.85. The van der Waals surface area contributed by atoms with Crippen molar-refractivity contribution in [2.24, 2.45) is 5.41 Å². The molecular weight excluding hydrogens is 208 g/mol. The van der Waals surface area contributed by atoms with Gasteiger partial charge in [-0.1, -0.05) is 26.0 Å². The fourth-order valence-corrected chi connectivity index (χ4v) is 3.31. The van der Waals surface area contributed by atoms with Crippen molar-refractivity contribution in [2.75, 3.05) is 38.1 Å². The van der Waals surface area contributed by atoms with E-state index in [0.717, 1.165) is 0 Å². The third-order valence-electron chi connectivity index (χ3n) is 4.19. The Morgan fingerprint density at radius 3 is 2.06 bits per heavy atom. The van der Waals surface area contributed by atoms with Gasteiger partial charge in [0.05, 0.1) is 0 Å². The van der Waals surface area contributed by atoms with Gasteiger partial charge in [-0.2, -0.15) is 0 Å². The molecule has 0 aromatic heterocycles. The van der Waals surface area contributed by atoms with Gasteiger partial charge in [0.25, 0.3) is 0 Å². The van der Waals surface area contributed by atoms with Gasteiger partial charge in [-0.05, 0) is 30.7 Å². The minimum atomic E-state index is 0.630. The van der Waals surface area contributed by atoms with E-state index in [2.05, 4.69) is 55.0 Å². The lowest BCUT2D eigenvalue weighted by Crippen LogP contribution is -2.71. The second kappa shape index (κ2) is 3.74. The highest BCUT2D eigenvalue weighted by atomic mass is 15.3. The van der Waals surface area contributed by atoms with Gasteiger partial charge in [0, 0.05) is 37.3 Å². The van der Waals surface area contributed by atoms with Gasteiger partial charge in [0.2, 0.25) is 0 Å². The van der Waals surface area contributed by atoms with Gasteiger partial charge in [-0.25, -0.2) is 0 Å². The van der Waals surface area contributed by atoms with E-state index in [0.29, 0.717) is 11.3 Å². The number of anilines is 1. The van der Waals surface area contributed by atoms with E-state index in [9.17, 15) is 0 Å². The highest BCUT2D eigenvalue weighted by molar-refractivity contribution is 5.51. The van der Waals surface area contributed by atoms with Gasteiger partial charge in [-0.3, -0.25) is 0 Å². The zero-order valence-electron chi connectivity index (χ0n) is 11.1. The van der Waals surface area contributed by atoms with Crippen molar-refractivity contribution in [1.29, 1.82) is 0 Å². The molecule has 0 amide bonds. The molecule has 1 spiro atoms. The number of rotatable bonds is 2. The third-order valence-corrected chi connectivity index (χ3v) is 4.19. The smallest absolute Gasteiger partial charge is 0.0366 e. The first kappa shape index (κ1) is 11.1. The Kier molecular flexibility index (Phi) is 2.44. The summed E-state index contributed by atoms with van der Waals surface area (Å²) >= 11 is 0. The average molecular weight is 230 g/mol. The van der Waals surface area contributed by atoms with Crippen LogP contribution in [0.1, 0.15) is 25.3 Å². The molecule has 0 N–H and O–H groups in total. The normalized spacial score (nSPS) is 22.7. The first-order valence-corrected chi connectivity index (χ1v) is 6.61. The first-order valence-electron chi connectivity index (χ1n) is 6.61. The number of hydrogen-bond acceptors (Lipinski definition) is 2. The summed E-state index contributed by atoms with van der Waals surface area (Å²) in [7, 11) is 2.21. The van der Waals surface area contributed by atoms with Crippen LogP contribution in [0, 0.1) is 5.41 Å². The zero-order valence-corrected chi connectivity index (χ0v) is 11.1. The Labute approximate surface area is 104 Å². The van der Waals surface area contributed by atoms with Gasteiger partial charge in [-0.15, -0.1) is 0 Å². The van der Waals surface area contributed by atoms with E-state index in [1.165, 1.54) is 37.4 Å². The topological polar surface area (TPSA) is 6.48 Å². The molecular formula is C15H22N2. The van der Waals surface area contributed by atoms with Crippen LogP contribution in [0.3, 0.4) is 0 Å². The van der Waals surface area contributed by atoms with Gasteiger partial charge >= 0.3 is 0 Å². The van der Waals surface area contributed by atoms with E-state index in [4.69, 9.17) is 0 Å². The average Bonchev–Trinajstić information content (AvgIpc) is 2.21. The lowest BCUT2D eigenvalue weighted by atomic mass is 9.73. The summed E-state index contributed by atoms with van der Waals surface area (Å²) in [5, 5.41) is 0. The number of likely N-dealkylation sites (tertiary alicyclic amines) is 1. The molecule has 17 heavy (non-hydrogen) atoms. The summed E-state index contributed by atoms with van der Waals surface area (Å²) in [5.74, 6) is 0.632. The maximum absolute atomic E-state index is 2.51. The molecule has 3 rings (SSSR count). The molecule has 1 aromatic rings. The summed E-state index contributed by atoms with van der Waals surface area (Å²) in [6.45, 7) is 9.56. The molecule has 0 aliphatic carbocycles. The van der Waals surface area contributed by atoms with Crippen molar-refractivity contribution in [3.05, 3.63) is 29.8 Å². The van der Waals surface area contributed by atoms with Crippen molar-refractivity contribution in [2.45, 2.75) is 19.8 Å². The number of hydrogen-bond donors (Lipinski definition) is 0. The standard InChI is InChI=1S/C15H22N2/c1-12(2)13-4-6-14(7-5-13)17-10-15(11-17)8-16(3)9-15/h4-7,12H,8-11H2,1-3H3. The van der Waals surface area contributed by atoms with Crippen LogP contribution in [-0.4, -0.2) is 38.1 Å². The zero-order chi connectivity index (χ0) is 12.0. The molecule has 2 aliphatic rings. The van der Waals surface area contributed by atoms with Crippen molar-refractivity contribution in [1.82, 2.24) is 4.90 Å². The molecule has 92 valence electrons. The van der Waals surface area contributed by atoms with Crippen molar-refractivity contribution in [3.63, 3.8) is 0 Å². The molecule has 0 radical (unpaired) electrons. The maximum Gasteiger partial charge on any atom is 0.0366 e. The molecule has 0 atom stereocenters. The van der Waals surface area contributed by atoms with Gasteiger partial charge in [0.1, 0.15) is 0 Å². The van der Waals surface area contributed by atoms with E-state index >= 15 is 0 Å². The van der Waals surface area contributed by atoms with Crippen LogP contribution in [0.2, 0.25) is 0 Å². The van der Waals surface area contributed by atoms with Crippen LogP contribution in [0.5, 0.6) is 0 Å². The fourth-order valence-electron chi connectivity index (χ4n) is 3.31. The molecule has 1 aromatic carbocycles. The summed E-state index contributed by atoms with van der Waals surface area (Å²) < 4.78 is 0. The van der Waals surface area contributed by atoms with E-state index in [1.54, 1.807) is 0 Å². The Balaban J connectivity index is 1.63. The predicted molar refractivity (Wildman–Crippen MR) is 72.7 cm³/mol. The Morgan fingerprint density at radius 2 is 1.59 bits per heavy atom. The van der Waals surface area contributed by atoms with Crippen LogP contribution < -0.4 is 4.90 Å². The van der Waals surface area contributed by atoms with Crippen molar-refractivity contribution in [3.8, 4) is 0 Å². The monoisotopic (exact) mass is 230 g/mol. The second-order valence-electron chi connectivity index (χ2n) is 6.27. The van der Waals surface area contributed by atoms with E-state index in [1.807, 2.05) is 0 Å². The number of benzene rings is 1. The summed E-state index contributed by atoms with van der Waals surface area (Å²) in [5.41, 5.74) is 3.47. The van der Waals surface area contributed by atoms with Crippen LogP contribution >= 0.6 is 0 Å². The fraction of sp³-hybridized carbons (Fsp3) is 0.600. The molecule has 2 aliphatic heterocycles. The Bertz CT molecular complexity index is 393. The molecule has 2 fully saturated rings. The van der Waals surface area contributed by atoms with Gasteiger partial charge < -0.3 is 9.80 Å².